The van der Waals surface area contributed by atoms with Gasteiger partial charge in [-0.1, -0.05) is 56.5 Å². The first kappa shape index (κ1) is 28.3. The number of allylic oxidation sites excluding steroid dienone is 1. The maximum absolute atomic E-state index is 14.1. The van der Waals surface area contributed by atoms with Crippen molar-refractivity contribution in [2.45, 2.75) is 32.7 Å². The Hall–Kier alpha value is -3.21. The summed E-state index contributed by atoms with van der Waals surface area (Å²) in [6, 6.07) is 16.7. The number of esters is 1. The quantitative estimate of drug-likeness (QED) is 0.217. The first-order valence-electron chi connectivity index (χ1n) is 12.8. The minimum atomic E-state index is -0.760. The third-order valence-electron chi connectivity index (χ3n) is 6.54. The predicted octanol–water partition coefficient (Wildman–Crippen LogP) is 5.90. The molecule has 0 aliphatic carbocycles. The van der Waals surface area contributed by atoms with Gasteiger partial charge in [0.15, 0.2) is 4.80 Å². The lowest BCUT2D eigenvalue weighted by atomic mass is 9.93. The molecule has 0 spiro atoms. The van der Waals surface area contributed by atoms with E-state index in [0.29, 0.717) is 38.3 Å². The van der Waals surface area contributed by atoms with Gasteiger partial charge in [-0.25, -0.2) is 9.79 Å². The Balaban J connectivity index is 1.76. The molecule has 1 atom stereocenters. The Morgan fingerprint density at radius 3 is 2.55 bits per heavy atom. The van der Waals surface area contributed by atoms with E-state index in [1.54, 1.807) is 18.6 Å². The lowest BCUT2D eigenvalue weighted by Gasteiger charge is -2.27. The third kappa shape index (κ3) is 5.40. The topological polar surface area (TPSA) is 74.8 Å². The number of aromatic nitrogens is 2. The van der Waals surface area contributed by atoms with Crippen molar-refractivity contribution in [2.24, 2.45) is 4.99 Å². The summed E-state index contributed by atoms with van der Waals surface area (Å²) in [5.74, 6) is 0.0755. The Morgan fingerprint density at radius 1 is 1.10 bits per heavy atom. The van der Waals surface area contributed by atoms with Crippen LogP contribution in [0, 0.1) is 0 Å². The molecule has 1 aliphatic heterocycles. The van der Waals surface area contributed by atoms with Gasteiger partial charge < -0.3 is 14.0 Å². The number of fused-ring (bicyclic) bond motifs is 1. The van der Waals surface area contributed by atoms with Gasteiger partial charge in [0.05, 0.1) is 29.5 Å². The number of methoxy groups -OCH3 is 1. The van der Waals surface area contributed by atoms with Gasteiger partial charge in [-0.05, 0) is 74.0 Å². The van der Waals surface area contributed by atoms with E-state index in [0.717, 1.165) is 26.7 Å². The monoisotopic (exact) mass is 683 g/mol. The Morgan fingerprint density at radius 2 is 1.85 bits per heavy atom. The van der Waals surface area contributed by atoms with Crippen LogP contribution in [-0.2, 0) is 9.53 Å². The van der Waals surface area contributed by atoms with Crippen LogP contribution < -0.4 is 19.6 Å². The van der Waals surface area contributed by atoms with Crippen molar-refractivity contribution >= 4 is 55.2 Å². The van der Waals surface area contributed by atoms with Gasteiger partial charge in [0.1, 0.15) is 11.8 Å². The van der Waals surface area contributed by atoms with Crippen molar-refractivity contribution in [2.75, 3.05) is 13.7 Å². The molecule has 0 saturated heterocycles. The predicted molar refractivity (Wildman–Crippen MR) is 164 cm³/mol. The number of hydrogen-bond acceptors (Lipinski definition) is 6. The van der Waals surface area contributed by atoms with Crippen LogP contribution in [-0.4, -0.2) is 28.8 Å². The van der Waals surface area contributed by atoms with E-state index in [9.17, 15) is 9.59 Å². The Labute approximate surface area is 252 Å². The van der Waals surface area contributed by atoms with E-state index in [-0.39, 0.29) is 12.2 Å². The molecule has 0 amide bonds. The van der Waals surface area contributed by atoms with Gasteiger partial charge in [0.25, 0.3) is 5.56 Å². The molecule has 40 heavy (non-hydrogen) atoms. The average molecular weight is 685 g/mol. The van der Waals surface area contributed by atoms with Crippen LogP contribution >= 0.6 is 43.2 Å². The summed E-state index contributed by atoms with van der Waals surface area (Å²) in [7, 11) is 1.58. The highest BCUT2D eigenvalue weighted by molar-refractivity contribution is 9.10. The first-order chi connectivity index (χ1) is 19.4. The summed E-state index contributed by atoms with van der Waals surface area (Å²) in [5.41, 5.74) is 3.24. The molecule has 7 nitrogen and oxygen atoms in total. The number of thiazole rings is 1. The molecule has 2 aromatic carbocycles. The van der Waals surface area contributed by atoms with Crippen LogP contribution in [0.3, 0.4) is 0 Å². The normalized spacial score (nSPS) is 15.1. The van der Waals surface area contributed by atoms with E-state index < -0.39 is 12.0 Å². The molecule has 4 aromatic rings. The Kier molecular flexibility index (Phi) is 8.58. The van der Waals surface area contributed by atoms with Gasteiger partial charge in [-0.2, -0.15) is 0 Å². The smallest absolute Gasteiger partial charge is 0.338 e. The fraction of sp³-hybridized carbons (Fsp3) is 0.233. The second-order valence-electron chi connectivity index (χ2n) is 9.08. The molecule has 10 heteroatoms. The number of carbonyl (C=O) groups excluding carboxylic acids is 1. The van der Waals surface area contributed by atoms with Crippen molar-refractivity contribution in [3.05, 3.63) is 112 Å². The number of halogens is 2. The highest BCUT2D eigenvalue weighted by Crippen LogP contribution is 2.38. The number of ether oxygens (including phenoxy) is 2. The molecule has 0 saturated carbocycles. The fourth-order valence-electron chi connectivity index (χ4n) is 4.82. The van der Waals surface area contributed by atoms with Crippen LogP contribution in [0.2, 0.25) is 0 Å². The largest absolute Gasteiger partial charge is 0.496 e. The summed E-state index contributed by atoms with van der Waals surface area (Å²) in [6.45, 7) is 4.01. The lowest BCUT2D eigenvalue weighted by molar-refractivity contribution is -0.139. The summed E-state index contributed by atoms with van der Waals surface area (Å²) in [5, 5.41) is 0. The van der Waals surface area contributed by atoms with Crippen molar-refractivity contribution in [1.82, 2.24) is 9.13 Å². The fourth-order valence-corrected chi connectivity index (χ4v) is 6.46. The van der Waals surface area contributed by atoms with Gasteiger partial charge in [0.2, 0.25) is 0 Å². The molecule has 1 aliphatic rings. The van der Waals surface area contributed by atoms with Crippen LogP contribution in [0.1, 0.15) is 44.0 Å². The van der Waals surface area contributed by atoms with Crippen LogP contribution in [0.15, 0.2) is 90.8 Å². The average Bonchev–Trinajstić information content (AvgIpc) is 3.52. The summed E-state index contributed by atoms with van der Waals surface area (Å²) >= 11 is 8.35. The minimum absolute atomic E-state index is 0.210. The van der Waals surface area contributed by atoms with Gasteiger partial charge in [-0.15, -0.1) is 0 Å². The lowest BCUT2D eigenvalue weighted by Crippen LogP contribution is -2.40. The second kappa shape index (κ2) is 12.1. The molecule has 0 unspecified atom stereocenters. The molecule has 0 fully saturated rings. The number of carbonyl (C=O) groups is 1. The van der Waals surface area contributed by atoms with Crippen LogP contribution in [0.4, 0.5) is 0 Å². The summed E-state index contributed by atoms with van der Waals surface area (Å²) in [6.07, 6.45) is 5.17. The SMILES string of the molecule is CCCC1=C(C(=O)OCC)[C@H](c2cc(Br)ccc2OC)n2c(s/c(=C/c3cccn3-c3ccc(Br)cc3)c2=O)=N1. The van der Waals surface area contributed by atoms with Gasteiger partial charge in [-0.3, -0.25) is 9.36 Å². The van der Waals surface area contributed by atoms with E-state index >= 15 is 0 Å². The molecule has 206 valence electrons. The van der Waals surface area contributed by atoms with Crippen molar-refractivity contribution in [1.29, 1.82) is 0 Å². The molecule has 0 radical (unpaired) electrons. The standard InChI is InChI=1S/C30H27Br2N3O4S/c1-4-7-23-26(29(37)39-5-2)27(22-16-19(32)11-14-24(22)38-3)35-28(36)25(40-30(35)33-23)17-21-8-6-15-34(21)20-12-9-18(31)10-13-20/h6,8-17,27H,4-5,7H2,1-3H3/b25-17+/t27-/m0/s1. The zero-order valence-corrected chi connectivity index (χ0v) is 26.2. The summed E-state index contributed by atoms with van der Waals surface area (Å²) in [4.78, 5) is 33.0. The van der Waals surface area contributed by atoms with Crippen LogP contribution in [0.5, 0.6) is 5.75 Å². The molecule has 2 aromatic heterocycles. The number of rotatable bonds is 8. The third-order valence-corrected chi connectivity index (χ3v) is 8.55. The zero-order chi connectivity index (χ0) is 28.4. The van der Waals surface area contributed by atoms with E-state index in [1.165, 1.54) is 11.3 Å². The van der Waals surface area contributed by atoms with Gasteiger partial charge in [0, 0.05) is 32.1 Å². The highest BCUT2D eigenvalue weighted by atomic mass is 79.9. The molecular weight excluding hydrogens is 658 g/mol. The van der Waals surface area contributed by atoms with Crippen molar-refractivity contribution in [3.8, 4) is 11.4 Å². The van der Waals surface area contributed by atoms with Gasteiger partial charge >= 0.3 is 5.97 Å². The molecule has 0 N–H and O–H groups in total. The molecule has 0 bridgehead atoms. The zero-order valence-electron chi connectivity index (χ0n) is 22.2. The van der Waals surface area contributed by atoms with Crippen molar-refractivity contribution < 1.29 is 14.3 Å². The first-order valence-corrected chi connectivity index (χ1v) is 15.2. The Bertz CT molecular complexity index is 1780. The maximum Gasteiger partial charge on any atom is 0.338 e. The number of benzene rings is 2. The minimum Gasteiger partial charge on any atom is -0.496 e. The van der Waals surface area contributed by atoms with Crippen LogP contribution in [0.25, 0.3) is 11.8 Å². The molecule has 5 rings (SSSR count). The number of nitrogens with zero attached hydrogens (tertiary/aromatic N) is 3. The van der Waals surface area contributed by atoms with E-state index in [2.05, 4.69) is 31.9 Å². The highest BCUT2D eigenvalue weighted by Gasteiger charge is 2.36. The molecule has 3 heterocycles. The summed E-state index contributed by atoms with van der Waals surface area (Å²) < 4.78 is 17.1. The maximum atomic E-state index is 14.1. The molecular formula is C30H27Br2N3O4S. The number of hydrogen-bond donors (Lipinski definition) is 0. The van der Waals surface area contributed by atoms with E-state index in [1.807, 2.05) is 78.4 Å². The second-order valence-corrected chi connectivity index (χ2v) is 11.9. The van der Waals surface area contributed by atoms with Crippen molar-refractivity contribution in [3.63, 3.8) is 0 Å². The van der Waals surface area contributed by atoms with E-state index in [4.69, 9.17) is 14.5 Å².